The molecule has 0 radical (unpaired) electrons. The Morgan fingerprint density at radius 3 is 2.86 bits per heavy atom. The molecular formula is C14H14F2N2OS2. The maximum Gasteiger partial charge on any atom is 0.225 e. The van der Waals surface area contributed by atoms with Gasteiger partial charge in [-0.3, -0.25) is 4.79 Å². The van der Waals surface area contributed by atoms with E-state index in [-0.39, 0.29) is 11.6 Å². The highest BCUT2D eigenvalue weighted by atomic mass is 32.2. The van der Waals surface area contributed by atoms with E-state index in [1.54, 1.807) is 23.1 Å². The third-order valence-corrected chi connectivity index (χ3v) is 4.41. The second-order valence-corrected chi connectivity index (χ2v) is 6.50. The largest absolute Gasteiger partial charge is 0.326 e. The van der Waals surface area contributed by atoms with Gasteiger partial charge in [-0.25, -0.2) is 13.8 Å². The number of hydrogen-bond acceptors (Lipinski definition) is 4. The second kappa shape index (κ2) is 7.51. The van der Waals surface area contributed by atoms with Crippen LogP contribution in [0.2, 0.25) is 0 Å². The van der Waals surface area contributed by atoms with Crippen LogP contribution in [0.5, 0.6) is 0 Å². The smallest absolute Gasteiger partial charge is 0.225 e. The van der Waals surface area contributed by atoms with Gasteiger partial charge in [-0.1, -0.05) is 0 Å². The summed E-state index contributed by atoms with van der Waals surface area (Å²) in [5.74, 6) is -0.708. The number of anilines is 1. The van der Waals surface area contributed by atoms with Gasteiger partial charge in [-0.2, -0.15) is 11.8 Å². The number of nitrogens with zero attached hydrogens (tertiary/aromatic N) is 1. The Morgan fingerprint density at radius 1 is 1.38 bits per heavy atom. The highest BCUT2D eigenvalue weighted by Gasteiger charge is 2.06. The Kier molecular flexibility index (Phi) is 5.69. The zero-order chi connectivity index (χ0) is 15.2. The lowest BCUT2D eigenvalue weighted by atomic mass is 10.3. The van der Waals surface area contributed by atoms with E-state index in [1.807, 2.05) is 12.3 Å². The molecule has 0 atom stereocenters. The van der Waals surface area contributed by atoms with Crippen molar-refractivity contribution < 1.29 is 13.6 Å². The van der Waals surface area contributed by atoms with E-state index in [0.717, 1.165) is 28.6 Å². The van der Waals surface area contributed by atoms with Gasteiger partial charge in [0.2, 0.25) is 5.91 Å². The van der Waals surface area contributed by atoms with Crippen LogP contribution in [-0.4, -0.2) is 16.6 Å². The van der Waals surface area contributed by atoms with Gasteiger partial charge in [0.25, 0.3) is 0 Å². The number of hydrogen-bond donors (Lipinski definition) is 1. The summed E-state index contributed by atoms with van der Waals surface area (Å²) in [5.41, 5.74) is 1.28. The van der Waals surface area contributed by atoms with Gasteiger partial charge in [0.05, 0.1) is 10.7 Å². The number of nitrogens with one attached hydrogen (secondary N) is 1. The van der Waals surface area contributed by atoms with E-state index in [0.29, 0.717) is 12.2 Å². The number of carbonyl (C=O) groups excluding carboxylic acids is 1. The number of thioether (sulfide) groups is 1. The molecule has 1 amide bonds. The number of rotatable bonds is 6. The highest BCUT2D eigenvalue weighted by Crippen LogP contribution is 2.17. The lowest BCUT2D eigenvalue weighted by Gasteiger charge is -2.05. The summed E-state index contributed by atoms with van der Waals surface area (Å²) in [5, 5.41) is 5.57. The number of carbonyl (C=O) groups is 1. The molecule has 0 saturated carbocycles. The summed E-state index contributed by atoms with van der Waals surface area (Å²) < 4.78 is 25.7. The van der Waals surface area contributed by atoms with E-state index in [1.165, 1.54) is 6.07 Å². The molecule has 1 heterocycles. The molecule has 1 aromatic carbocycles. The summed E-state index contributed by atoms with van der Waals surface area (Å²) in [6.07, 6.45) is 0.312. The molecule has 0 spiro atoms. The van der Waals surface area contributed by atoms with Gasteiger partial charge in [0.1, 0.15) is 0 Å². The van der Waals surface area contributed by atoms with Crippen molar-refractivity contribution in [3.63, 3.8) is 0 Å². The third-order valence-electron chi connectivity index (χ3n) is 2.59. The van der Waals surface area contributed by atoms with Crippen molar-refractivity contribution in [1.82, 2.24) is 4.98 Å². The van der Waals surface area contributed by atoms with Crippen molar-refractivity contribution >= 4 is 34.7 Å². The fourth-order valence-electron chi connectivity index (χ4n) is 1.61. The van der Waals surface area contributed by atoms with Crippen LogP contribution in [0.4, 0.5) is 14.5 Å². The molecule has 112 valence electrons. The molecule has 3 nitrogen and oxygen atoms in total. The van der Waals surface area contributed by atoms with Gasteiger partial charge in [-0.05, 0) is 19.1 Å². The molecule has 1 aromatic heterocycles. The molecule has 0 aliphatic rings. The van der Waals surface area contributed by atoms with E-state index < -0.39 is 11.6 Å². The summed E-state index contributed by atoms with van der Waals surface area (Å²) >= 11 is 3.22. The lowest BCUT2D eigenvalue weighted by molar-refractivity contribution is -0.115. The van der Waals surface area contributed by atoms with Gasteiger partial charge in [0, 0.05) is 35.1 Å². The molecule has 2 aromatic rings. The zero-order valence-electron chi connectivity index (χ0n) is 11.4. The van der Waals surface area contributed by atoms with Crippen molar-refractivity contribution in [2.24, 2.45) is 0 Å². The van der Waals surface area contributed by atoms with E-state index in [4.69, 9.17) is 0 Å². The molecule has 2 rings (SSSR count). The number of halogens is 2. The first-order valence-electron chi connectivity index (χ1n) is 6.28. The molecule has 0 aliphatic heterocycles. The summed E-state index contributed by atoms with van der Waals surface area (Å²) in [4.78, 5) is 16.0. The minimum absolute atomic E-state index is 0.219. The summed E-state index contributed by atoms with van der Waals surface area (Å²) in [7, 11) is 0. The summed E-state index contributed by atoms with van der Waals surface area (Å²) in [6.45, 7) is 1.95. The van der Waals surface area contributed by atoms with Crippen molar-refractivity contribution in [1.29, 1.82) is 0 Å². The van der Waals surface area contributed by atoms with E-state index >= 15 is 0 Å². The predicted octanol–water partition coefficient (Wildman–Crippen LogP) is 3.99. The fourth-order valence-corrected chi connectivity index (χ4v) is 3.16. The molecule has 0 unspecified atom stereocenters. The Hall–Kier alpha value is -1.47. The standard InChI is InChI=1S/C14H14F2N2OS2/c1-9-17-11(8-21-9)7-20-5-4-14(19)18-10-2-3-12(15)13(16)6-10/h2-3,6,8H,4-5,7H2,1H3,(H,18,19). The molecule has 7 heteroatoms. The zero-order valence-corrected chi connectivity index (χ0v) is 13.0. The average molecular weight is 328 g/mol. The van der Waals surface area contributed by atoms with Crippen molar-refractivity contribution in [3.05, 3.63) is 45.9 Å². The van der Waals surface area contributed by atoms with Crippen LogP contribution in [0.25, 0.3) is 0 Å². The minimum atomic E-state index is -0.971. The first-order chi connectivity index (χ1) is 10.0. The Balaban J connectivity index is 1.71. The molecule has 1 N–H and O–H groups in total. The van der Waals surface area contributed by atoms with Gasteiger partial charge in [0.15, 0.2) is 11.6 Å². The van der Waals surface area contributed by atoms with Gasteiger partial charge < -0.3 is 5.32 Å². The van der Waals surface area contributed by atoms with Crippen LogP contribution in [-0.2, 0) is 10.5 Å². The second-order valence-electron chi connectivity index (χ2n) is 4.34. The fraction of sp³-hybridized carbons (Fsp3) is 0.286. The maximum absolute atomic E-state index is 13.0. The van der Waals surface area contributed by atoms with Crippen LogP contribution < -0.4 is 5.32 Å². The molecule has 0 saturated heterocycles. The van der Waals surface area contributed by atoms with Gasteiger partial charge >= 0.3 is 0 Å². The SMILES string of the molecule is Cc1nc(CSCCC(=O)Nc2ccc(F)c(F)c2)cs1. The third kappa shape index (κ3) is 5.09. The van der Waals surface area contributed by atoms with Crippen LogP contribution in [0.3, 0.4) is 0 Å². The molecule has 0 aliphatic carbocycles. The molecule has 0 bridgehead atoms. The van der Waals surface area contributed by atoms with E-state index in [9.17, 15) is 13.6 Å². The van der Waals surface area contributed by atoms with Crippen molar-refractivity contribution in [3.8, 4) is 0 Å². The summed E-state index contributed by atoms with van der Waals surface area (Å²) in [6, 6.07) is 3.30. The normalized spacial score (nSPS) is 10.6. The number of amides is 1. The predicted molar refractivity (Wildman–Crippen MR) is 82.6 cm³/mol. The molecular weight excluding hydrogens is 314 g/mol. The molecule has 0 fully saturated rings. The lowest BCUT2D eigenvalue weighted by Crippen LogP contribution is -2.12. The van der Waals surface area contributed by atoms with Crippen molar-refractivity contribution in [2.45, 2.75) is 19.1 Å². The van der Waals surface area contributed by atoms with E-state index in [2.05, 4.69) is 10.3 Å². The van der Waals surface area contributed by atoms with Crippen LogP contribution in [0, 0.1) is 18.6 Å². The topological polar surface area (TPSA) is 42.0 Å². The number of thiazole rings is 1. The average Bonchev–Trinajstić information content (AvgIpc) is 2.85. The van der Waals surface area contributed by atoms with Crippen LogP contribution in [0.1, 0.15) is 17.1 Å². The monoisotopic (exact) mass is 328 g/mol. The highest BCUT2D eigenvalue weighted by molar-refractivity contribution is 7.98. The maximum atomic E-state index is 13.0. The Morgan fingerprint density at radius 2 is 2.19 bits per heavy atom. The van der Waals surface area contributed by atoms with Crippen LogP contribution >= 0.6 is 23.1 Å². The molecule has 21 heavy (non-hydrogen) atoms. The Bertz CT molecular complexity index is 631. The van der Waals surface area contributed by atoms with Crippen LogP contribution in [0.15, 0.2) is 23.6 Å². The van der Waals surface area contributed by atoms with Gasteiger partial charge in [-0.15, -0.1) is 11.3 Å². The van der Waals surface area contributed by atoms with Crippen molar-refractivity contribution in [2.75, 3.05) is 11.1 Å². The number of benzene rings is 1. The minimum Gasteiger partial charge on any atom is -0.326 e. The quantitative estimate of drug-likeness (QED) is 0.815. The number of aromatic nitrogens is 1. The first kappa shape index (κ1) is 15.9. The number of aryl methyl sites for hydroxylation is 1. The first-order valence-corrected chi connectivity index (χ1v) is 8.31. The Labute approximate surface area is 129 Å².